The molecule has 4 heteroatoms. The van der Waals surface area contributed by atoms with Gasteiger partial charge in [0.15, 0.2) is 0 Å². The molecule has 1 atom stereocenters. The van der Waals surface area contributed by atoms with Crippen LogP contribution in [0.4, 0.5) is 0 Å². The fourth-order valence-electron chi connectivity index (χ4n) is 1.48. The molecule has 0 saturated carbocycles. The van der Waals surface area contributed by atoms with Crippen molar-refractivity contribution in [2.45, 2.75) is 52.4 Å². The highest BCUT2D eigenvalue weighted by Gasteiger charge is 2.10. The van der Waals surface area contributed by atoms with Crippen LogP contribution in [0.25, 0.3) is 0 Å². The summed E-state index contributed by atoms with van der Waals surface area (Å²) in [5.74, 6) is 0.386. The van der Waals surface area contributed by atoms with Crippen LogP contribution >= 0.6 is 0 Å². The molecular formula is C11H24O3S. The summed E-state index contributed by atoms with van der Waals surface area (Å²) in [6.07, 6.45) is 8.09. The molecule has 15 heavy (non-hydrogen) atoms. The highest BCUT2D eigenvalue weighted by atomic mass is 32.2. The van der Waals surface area contributed by atoms with Gasteiger partial charge in [-0.3, -0.25) is 4.18 Å². The zero-order valence-corrected chi connectivity index (χ0v) is 11.0. The monoisotopic (exact) mass is 236 g/mol. The fourth-order valence-corrected chi connectivity index (χ4v) is 1.92. The summed E-state index contributed by atoms with van der Waals surface area (Å²) in [4.78, 5) is 0. The lowest BCUT2D eigenvalue weighted by molar-refractivity contribution is 0.239. The van der Waals surface area contributed by atoms with Gasteiger partial charge in [0, 0.05) is 0 Å². The molecule has 1 unspecified atom stereocenters. The Morgan fingerprint density at radius 1 is 1.13 bits per heavy atom. The van der Waals surface area contributed by atoms with Crippen molar-refractivity contribution in [3.8, 4) is 0 Å². The van der Waals surface area contributed by atoms with Gasteiger partial charge in [-0.15, -0.1) is 0 Å². The molecule has 0 amide bonds. The molecule has 0 fully saturated rings. The molecule has 0 aliphatic carbocycles. The van der Waals surface area contributed by atoms with Crippen LogP contribution in [0.15, 0.2) is 0 Å². The normalized spacial score (nSPS) is 14.1. The third-order valence-corrected chi connectivity index (χ3v) is 3.13. The molecule has 0 spiro atoms. The van der Waals surface area contributed by atoms with Crippen LogP contribution < -0.4 is 0 Å². The zero-order valence-electron chi connectivity index (χ0n) is 10.2. The van der Waals surface area contributed by atoms with E-state index in [-0.39, 0.29) is 0 Å². The molecule has 3 nitrogen and oxygen atoms in total. The van der Waals surface area contributed by atoms with Crippen LogP contribution in [0, 0.1) is 5.92 Å². The van der Waals surface area contributed by atoms with E-state index < -0.39 is 10.1 Å². The van der Waals surface area contributed by atoms with E-state index in [2.05, 4.69) is 13.8 Å². The molecule has 92 valence electrons. The van der Waals surface area contributed by atoms with Gasteiger partial charge in [0.25, 0.3) is 10.1 Å². The van der Waals surface area contributed by atoms with Crippen molar-refractivity contribution < 1.29 is 12.6 Å². The zero-order chi connectivity index (χ0) is 11.7. The predicted molar refractivity (Wildman–Crippen MR) is 63.3 cm³/mol. The first kappa shape index (κ1) is 14.9. The Morgan fingerprint density at radius 2 is 1.80 bits per heavy atom. The van der Waals surface area contributed by atoms with Crippen LogP contribution in [0.5, 0.6) is 0 Å². The van der Waals surface area contributed by atoms with Gasteiger partial charge in [0.1, 0.15) is 0 Å². The van der Waals surface area contributed by atoms with Crippen LogP contribution in [-0.4, -0.2) is 21.3 Å². The Labute approximate surface area is 94.3 Å². The second-order valence-corrected chi connectivity index (χ2v) is 5.76. The lowest BCUT2D eigenvalue weighted by Crippen LogP contribution is -2.13. The average Bonchev–Trinajstić information content (AvgIpc) is 2.15. The minimum Gasteiger partial charge on any atom is -0.270 e. The van der Waals surface area contributed by atoms with E-state index in [0.717, 1.165) is 19.1 Å². The lowest BCUT2D eigenvalue weighted by Gasteiger charge is -2.13. The summed E-state index contributed by atoms with van der Waals surface area (Å²) in [6, 6.07) is 0. The number of rotatable bonds is 9. The Hall–Kier alpha value is -0.0900. The SMILES string of the molecule is CCCCCCC(CC)COS(C)(=O)=O. The first-order chi connectivity index (χ1) is 6.99. The molecule has 0 heterocycles. The van der Waals surface area contributed by atoms with E-state index in [0.29, 0.717) is 12.5 Å². The quantitative estimate of drug-likeness (QED) is 0.456. The second-order valence-electron chi connectivity index (χ2n) is 4.11. The molecule has 0 aromatic heterocycles. The Morgan fingerprint density at radius 3 is 2.27 bits per heavy atom. The van der Waals surface area contributed by atoms with Gasteiger partial charge in [0.2, 0.25) is 0 Å². The van der Waals surface area contributed by atoms with Crippen molar-refractivity contribution in [1.82, 2.24) is 0 Å². The minimum atomic E-state index is -3.26. The van der Waals surface area contributed by atoms with Gasteiger partial charge in [0.05, 0.1) is 12.9 Å². The van der Waals surface area contributed by atoms with E-state index >= 15 is 0 Å². The van der Waals surface area contributed by atoms with Crippen LogP contribution in [-0.2, 0) is 14.3 Å². The first-order valence-corrected chi connectivity index (χ1v) is 7.65. The summed E-state index contributed by atoms with van der Waals surface area (Å²) in [7, 11) is -3.26. The fraction of sp³-hybridized carbons (Fsp3) is 1.00. The predicted octanol–water partition coefficient (Wildman–Crippen LogP) is 2.96. The van der Waals surface area contributed by atoms with Crippen LogP contribution in [0.2, 0.25) is 0 Å². The molecule has 0 radical (unpaired) electrons. The maximum atomic E-state index is 10.8. The molecule has 0 aliphatic heterocycles. The van der Waals surface area contributed by atoms with Gasteiger partial charge in [-0.2, -0.15) is 8.42 Å². The molecule has 0 aromatic carbocycles. The smallest absolute Gasteiger partial charge is 0.264 e. The summed E-state index contributed by atoms with van der Waals surface area (Å²) < 4.78 is 26.4. The highest BCUT2D eigenvalue weighted by molar-refractivity contribution is 7.85. The van der Waals surface area contributed by atoms with Crippen molar-refractivity contribution in [3.63, 3.8) is 0 Å². The highest BCUT2D eigenvalue weighted by Crippen LogP contribution is 2.15. The second kappa shape index (κ2) is 8.11. The third-order valence-electron chi connectivity index (χ3n) is 2.56. The average molecular weight is 236 g/mol. The Kier molecular flexibility index (Phi) is 8.06. The molecule has 0 aromatic rings. The van der Waals surface area contributed by atoms with Gasteiger partial charge in [-0.05, 0) is 12.3 Å². The Balaban J connectivity index is 3.64. The van der Waals surface area contributed by atoms with Gasteiger partial charge in [-0.1, -0.05) is 46.0 Å². The van der Waals surface area contributed by atoms with E-state index in [9.17, 15) is 8.42 Å². The number of hydrogen-bond donors (Lipinski definition) is 0. The maximum absolute atomic E-state index is 10.8. The van der Waals surface area contributed by atoms with E-state index in [1.165, 1.54) is 25.7 Å². The lowest BCUT2D eigenvalue weighted by atomic mass is 9.99. The topological polar surface area (TPSA) is 43.4 Å². The van der Waals surface area contributed by atoms with Gasteiger partial charge < -0.3 is 0 Å². The van der Waals surface area contributed by atoms with E-state index in [4.69, 9.17) is 4.18 Å². The van der Waals surface area contributed by atoms with Crippen molar-refractivity contribution in [1.29, 1.82) is 0 Å². The molecule has 0 saturated heterocycles. The summed E-state index contributed by atoms with van der Waals surface area (Å²) in [5, 5.41) is 0. The molecule has 0 aliphatic rings. The van der Waals surface area contributed by atoms with Gasteiger partial charge in [-0.25, -0.2) is 0 Å². The summed E-state index contributed by atoms with van der Waals surface area (Å²) in [6.45, 7) is 4.61. The number of unbranched alkanes of at least 4 members (excludes halogenated alkanes) is 3. The maximum Gasteiger partial charge on any atom is 0.264 e. The summed E-state index contributed by atoms with van der Waals surface area (Å²) in [5.41, 5.74) is 0. The van der Waals surface area contributed by atoms with Crippen molar-refractivity contribution in [2.75, 3.05) is 12.9 Å². The Bertz CT molecular complexity index is 234. The van der Waals surface area contributed by atoms with Crippen molar-refractivity contribution >= 4 is 10.1 Å². The molecule has 0 bridgehead atoms. The third kappa shape index (κ3) is 10.2. The van der Waals surface area contributed by atoms with Crippen LogP contribution in [0.3, 0.4) is 0 Å². The molecular weight excluding hydrogens is 212 g/mol. The number of hydrogen-bond acceptors (Lipinski definition) is 3. The molecule has 0 rings (SSSR count). The van der Waals surface area contributed by atoms with E-state index in [1.54, 1.807) is 0 Å². The standard InChI is InChI=1S/C11H24O3S/c1-4-6-7-8-9-11(5-2)10-14-15(3,12)13/h11H,4-10H2,1-3H3. The molecule has 0 N–H and O–H groups in total. The van der Waals surface area contributed by atoms with Crippen molar-refractivity contribution in [2.24, 2.45) is 5.92 Å². The van der Waals surface area contributed by atoms with E-state index in [1.807, 2.05) is 0 Å². The minimum absolute atomic E-state index is 0.349. The largest absolute Gasteiger partial charge is 0.270 e. The van der Waals surface area contributed by atoms with Gasteiger partial charge >= 0.3 is 0 Å². The first-order valence-electron chi connectivity index (χ1n) is 5.84. The summed E-state index contributed by atoms with van der Waals surface area (Å²) >= 11 is 0. The van der Waals surface area contributed by atoms with Crippen molar-refractivity contribution in [3.05, 3.63) is 0 Å². The van der Waals surface area contributed by atoms with Crippen LogP contribution in [0.1, 0.15) is 52.4 Å².